The second-order valence-electron chi connectivity index (χ2n) is 5.19. The zero-order valence-corrected chi connectivity index (χ0v) is 16.0. The van der Waals surface area contributed by atoms with Gasteiger partial charge in [0, 0.05) is 24.9 Å². The van der Waals surface area contributed by atoms with Gasteiger partial charge in [0.1, 0.15) is 0 Å². The molecule has 2 nitrogen and oxygen atoms in total. The first-order valence-electron chi connectivity index (χ1n) is 7.25. The van der Waals surface area contributed by atoms with Gasteiger partial charge in [-0.2, -0.15) is 0 Å². The summed E-state index contributed by atoms with van der Waals surface area (Å²) in [6.45, 7) is 0. The molecule has 114 valence electrons. The number of allylic oxidation sites excluding steroid dienone is 6. The fourth-order valence-electron chi connectivity index (χ4n) is 2.42. The number of benzene rings is 1. The molecule has 1 aromatic carbocycles. The first kappa shape index (κ1) is 15.5. The Hall–Kier alpha value is -1.05. The lowest BCUT2D eigenvalue weighted by molar-refractivity contribution is 1.07. The summed E-state index contributed by atoms with van der Waals surface area (Å²) in [6.07, 6.45) is 12.8. The van der Waals surface area contributed by atoms with Crippen molar-refractivity contribution in [3.05, 3.63) is 79.4 Å². The Labute approximate surface area is 157 Å². The Morgan fingerprint density at radius 2 is 1.65 bits per heavy atom. The maximum atomic E-state index is 4.89. The van der Waals surface area contributed by atoms with Gasteiger partial charge in [-0.3, -0.25) is 0 Å². The molecule has 2 aliphatic rings. The van der Waals surface area contributed by atoms with Gasteiger partial charge in [0.05, 0.1) is 22.4 Å². The molecular formula is C18H13IN2S2. The monoisotopic (exact) mass is 448 g/mol. The van der Waals surface area contributed by atoms with Crippen LogP contribution in [0.1, 0.15) is 11.4 Å². The van der Waals surface area contributed by atoms with E-state index < -0.39 is 0 Å². The lowest BCUT2D eigenvalue weighted by Gasteiger charge is -2.08. The van der Waals surface area contributed by atoms with Crippen molar-refractivity contribution in [2.45, 2.75) is 11.5 Å². The molecule has 1 aliphatic carbocycles. The van der Waals surface area contributed by atoms with Crippen LogP contribution in [0.5, 0.6) is 0 Å². The van der Waals surface area contributed by atoms with Crippen LogP contribution in [-0.4, -0.2) is 9.97 Å². The Kier molecular flexibility index (Phi) is 4.59. The molecule has 0 spiro atoms. The molecular weight excluding hydrogens is 435 g/mol. The third-order valence-electron chi connectivity index (χ3n) is 3.56. The molecule has 2 bridgehead atoms. The van der Waals surface area contributed by atoms with Gasteiger partial charge in [0.15, 0.2) is 0 Å². The van der Waals surface area contributed by atoms with E-state index in [1.54, 1.807) is 0 Å². The predicted molar refractivity (Wildman–Crippen MR) is 109 cm³/mol. The number of rotatable bonds is 0. The molecule has 4 rings (SSSR count). The Morgan fingerprint density at radius 1 is 0.870 bits per heavy atom. The van der Waals surface area contributed by atoms with Crippen molar-refractivity contribution in [3.8, 4) is 0 Å². The summed E-state index contributed by atoms with van der Waals surface area (Å²) in [6, 6.07) is 6.26. The molecule has 5 heteroatoms. The quantitative estimate of drug-likeness (QED) is 0.490. The fraction of sp³-hybridized carbons (Fsp3) is 0.111. The summed E-state index contributed by atoms with van der Waals surface area (Å²) in [5, 5.41) is 0. The molecule has 23 heavy (non-hydrogen) atoms. The molecule has 0 atom stereocenters. The van der Waals surface area contributed by atoms with E-state index in [-0.39, 0.29) is 0 Å². The minimum absolute atomic E-state index is 0.859. The number of thioether (sulfide) groups is 2. The molecule has 1 aliphatic heterocycles. The molecule has 0 saturated carbocycles. The van der Waals surface area contributed by atoms with Crippen molar-refractivity contribution in [2.24, 2.45) is 0 Å². The van der Waals surface area contributed by atoms with Crippen LogP contribution in [0.25, 0.3) is 11.0 Å². The van der Waals surface area contributed by atoms with Crippen LogP contribution < -0.4 is 0 Å². The van der Waals surface area contributed by atoms with Gasteiger partial charge in [0.2, 0.25) is 0 Å². The highest BCUT2D eigenvalue weighted by molar-refractivity contribution is 14.1. The highest BCUT2D eigenvalue weighted by Crippen LogP contribution is 2.34. The van der Waals surface area contributed by atoms with Crippen molar-refractivity contribution in [1.29, 1.82) is 0 Å². The van der Waals surface area contributed by atoms with Gasteiger partial charge in [-0.15, -0.1) is 23.5 Å². The van der Waals surface area contributed by atoms with Gasteiger partial charge < -0.3 is 0 Å². The molecule has 0 N–H and O–H groups in total. The van der Waals surface area contributed by atoms with Gasteiger partial charge in [-0.1, -0.05) is 18.2 Å². The van der Waals surface area contributed by atoms with E-state index in [2.05, 4.69) is 77.2 Å². The molecule has 0 amide bonds. The summed E-state index contributed by atoms with van der Waals surface area (Å²) in [4.78, 5) is 12.3. The van der Waals surface area contributed by atoms with Gasteiger partial charge >= 0.3 is 0 Å². The minimum atomic E-state index is 0.859. The normalized spacial score (nSPS) is 20.0. The average molecular weight is 448 g/mol. The molecule has 2 aromatic rings. The van der Waals surface area contributed by atoms with E-state index in [9.17, 15) is 0 Å². The summed E-state index contributed by atoms with van der Waals surface area (Å²) >= 11 is 5.97. The fourth-order valence-corrected chi connectivity index (χ4v) is 4.80. The van der Waals surface area contributed by atoms with E-state index in [4.69, 9.17) is 9.97 Å². The number of aromatic nitrogens is 2. The highest BCUT2D eigenvalue weighted by atomic mass is 127. The first-order chi connectivity index (χ1) is 11.3. The zero-order valence-electron chi connectivity index (χ0n) is 12.2. The van der Waals surface area contributed by atoms with Crippen molar-refractivity contribution in [3.63, 3.8) is 0 Å². The second-order valence-corrected chi connectivity index (χ2v) is 8.53. The van der Waals surface area contributed by atoms with E-state index in [0.717, 1.165) is 33.9 Å². The minimum Gasteiger partial charge on any atom is -0.248 e. The molecule has 1 aromatic heterocycles. The average Bonchev–Trinajstić information content (AvgIpc) is 2.60. The standard InChI is InChI=1S/C18H13IN2S2/c19-12-6-7-15-16(8-12)21-18-11-23-14-5-3-1-2-4-13(9-14)22-10-17(18)20-15/h1-9H,10-11H2/b2-1?,3-1-,4-2+,5-3?,13-4?,13-9?,14-5?,14-9?. The van der Waals surface area contributed by atoms with Crippen LogP contribution in [0.4, 0.5) is 0 Å². The topological polar surface area (TPSA) is 25.8 Å². The van der Waals surface area contributed by atoms with Crippen LogP contribution in [0.3, 0.4) is 0 Å². The largest absolute Gasteiger partial charge is 0.248 e. The van der Waals surface area contributed by atoms with Crippen molar-refractivity contribution in [1.82, 2.24) is 9.97 Å². The van der Waals surface area contributed by atoms with Crippen molar-refractivity contribution >= 4 is 57.1 Å². The zero-order chi connectivity index (χ0) is 15.6. The second kappa shape index (κ2) is 6.83. The van der Waals surface area contributed by atoms with Gasteiger partial charge in [-0.25, -0.2) is 9.97 Å². The van der Waals surface area contributed by atoms with Crippen LogP contribution in [0.2, 0.25) is 0 Å². The maximum Gasteiger partial charge on any atom is 0.0901 e. The molecule has 0 radical (unpaired) electrons. The molecule has 0 fully saturated rings. The van der Waals surface area contributed by atoms with E-state index in [1.165, 1.54) is 13.4 Å². The van der Waals surface area contributed by atoms with Crippen molar-refractivity contribution in [2.75, 3.05) is 0 Å². The number of nitrogens with zero attached hydrogens (tertiary/aromatic N) is 2. The van der Waals surface area contributed by atoms with Crippen molar-refractivity contribution < 1.29 is 0 Å². The van der Waals surface area contributed by atoms with Crippen LogP contribution in [-0.2, 0) is 11.5 Å². The van der Waals surface area contributed by atoms with E-state index in [1.807, 2.05) is 23.5 Å². The Balaban J connectivity index is 1.78. The predicted octanol–water partition coefficient (Wildman–Crippen LogP) is 5.61. The number of fused-ring (bicyclic) bond motifs is 3. The Morgan fingerprint density at radius 3 is 2.52 bits per heavy atom. The van der Waals surface area contributed by atoms with Gasteiger partial charge in [0.25, 0.3) is 0 Å². The summed E-state index contributed by atoms with van der Waals surface area (Å²) in [5.74, 6) is 1.72. The van der Waals surface area contributed by atoms with Gasteiger partial charge in [-0.05, 0) is 59.0 Å². The van der Waals surface area contributed by atoms with Crippen LogP contribution in [0, 0.1) is 3.57 Å². The number of hydrogen-bond acceptors (Lipinski definition) is 4. The lowest BCUT2D eigenvalue weighted by atomic mass is 10.2. The third kappa shape index (κ3) is 3.56. The molecule has 0 unspecified atom stereocenters. The first-order valence-corrected chi connectivity index (χ1v) is 10.3. The van der Waals surface area contributed by atoms with E-state index in [0.29, 0.717) is 0 Å². The highest BCUT2D eigenvalue weighted by Gasteiger charge is 2.13. The maximum absolute atomic E-state index is 4.89. The van der Waals surface area contributed by atoms with Crippen LogP contribution in [0.15, 0.2) is 64.5 Å². The third-order valence-corrected chi connectivity index (χ3v) is 6.24. The summed E-state index contributed by atoms with van der Waals surface area (Å²) < 4.78 is 1.19. The molecule has 0 saturated heterocycles. The summed E-state index contributed by atoms with van der Waals surface area (Å²) in [5.41, 5.74) is 4.17. The summed E-state index contributed by atoms with van der Waals surface area (Å²) in [7, 11) is 0. The lowest BCUT2D eigenvalue weighted by Crippen LogP contribution is -2.00. The Bertz CT molecular complexity index is 897. The number of hydrogen-bond donors (Lipinski definition) is 0. The number of halogens is 1. The molecule has 2 heterocycles. The SMILES string of the molecule is Ic1ccc2nc3c(nc2c1)CSC1=C/C=C\C=C\C(=C1)SC3. The van der Waals surface area contributed by atoms with Crippen LogP contribution >= 0.6 is 46.1 Å². The smallest absolute Gasteiger partial charge is 0.0901 e. The van der Waals surface area contributed by atoms with E-state index >= 15 is 0 Å².